The third-order valence-electron chi connectivity index (χ3n) is 14.8. The molecule has 0 spiro atoms. The van der Waals surface area contributed by atoms with Gasteiger partial charge in [-0.2, -0.15) is 0 Å². The third kappa shape index (κ3) is 17.5. The van der Waals surface area contributed by atoms with Crippen molar-refractivity contribution in [1.29, 1.82) is 0 Å². The maximum atomic E-state index is 14.9. The zero-order chi connectivity index (χ0) is 65.7. The minimum absolute atomic E-state index is 0.104. The average Bonchev–Trinajstić information content (AvgIpc) is 2.49. The SMILES string of the molecule is C=C(Cc1cc(C(C)(C)C)c(O)c(C(C)(C)C)c1)C(=O)OC(OC(=O)C(=C)Cc1cc(C(C)(C)C)c(O)c(C(C)(C)C)c1)(OC(=O)C(=C)Cc1cc(C(C)(C)C)c(O)c(C(C)(C)C)c1)OC(=O)C(=C)Cc1cc(C(C)(C)C)c(O)c(C(C)(C)C)c1. The molecule has 0 aliphatic rings. The van der Waals surface area contributed by atoms with E-state index in [2.05, 4.69) is 26.3 Å². The van der Waals surface area contributed by atoms with Crippen LogP contribution in [0.2, 0.25) is 0 Å². The number of esters is 4. The summed E-state index contributed by atoms with van der Waals surface area (Å²) in [5.41, 5.74) is 1.62. The lowest BCUT2D eigenvalue weighted by Crippen LogP contribution is -2.49. The number of hydrogen-bond acceptors (Lipinski definition) is 12. The number of phenolic OH excluding ortho intramolecular Hbond substituents is 4. The fourth-order valence-electron chi connectivity index (χ4n) is 9.90. The van der Waals surface area contributed by atoms with E-state index in [1.807, 2.05) is 166 Å². The maximum Gasteiger partial charge on any atom is 0.620 e. The van der Waals surface area contributed by atoms with Crippen LogP contribution in [-0.4, -0.2) is 50.5 Å². The molecule has 0 atom stereocenters. The van der Waals surface area contributed by atoms with Crippen molar-refractivity contribution in [2.75, 3.05) is 0 Å². The molecule has 12 nitrogen and oxygen atoms in total. The van der Waals surface area contributed by atoms with Gasteiger partial charge >= 0.3 is 30.0 Å². The van der Waals surface area contributed by atoms with Crippen molar-refractivity contribution in [3.05, 3.63) is 164 Å². The predicted molar refractivity (Wildman–Crippen MR) is 341 cm³/mol. The van der Waals surface area contributed by atoms with Crippen molar-refractivity contribution in [3.63, 3.8) is 0 Å². The second kappa shape index (κ2) is 24.4. The summed E-state index contributed by atoms with van der Waals surface area (Å²) < 4.78 is 24.0. The van der Waals surface area contributed by atoms with Crippen molar-refractivity contribution < 1.29 is 58.6 Å². The highest BCUT2D eigenvalue weighted by Crippen LogP contribution is 2.45. The van der Waals surface area contributed by atoms with Crippen molar-refractivity contribution in [2.24, 2.45) is 0 Å². The fourth-order valence-corrected chi connectivity index (χ4v) is 9.90. The standard InChI is InChI=1S/C73H100O12/c1-41(29-45-33-49(65(5,6)7)57(74)50(34-45)66(8,9)10)61(78)82-73(83-62(79)42(2)30-46-35-51(67(11,12)13)58(75)52(36-46)68(14,15)16,84-63(80)43(3)31-47-37-53(69(17,18)19)59(76)54(38-47)70(20,21)22)85-64(81)44(4)32-48-39-55(71(23,24)25)60(77)56(40-48)72(26,27)28/h33-40,74-77H,1-4,29-32H2,5-28H3. The zero-order valence-electron chi connectivity index (χ0n) is 55.8. The third-order valence-corrected chi connectivity index (χ3v) is 14.8. The predicted octanol–water partition coefficient (Wildman–Crippen LogP) is 16.2. The summed E-state index contributed by atoms with van der Waals surface area (Å²) in [5.74, 6) is -4.84. The average molecular weight is 1170 g/mol. The smallest absolute Gasteiger partial charge is 0.507 e. The quantitative estimate of drug-likeness (QED) is 0.0473. The van der Waals surface area contributed by atoms with E-state index in [0.717, 1.165) is 0 Å². The summed E-state index contributed by atoms with van der Waals surface area (Å²) in [7, 11) is 0. The van der Waals surface area contributed by atoms with Gasteiger partial charge in [-0.25, -0.2) is 19.2 Å². The maximum absolute atomic E-state index is 14.9. The highest BCUT2D eigenvalue weighted by Gasteiger charge is 2.52. The summed E-state index contributed by atoms with van der Waals surface area (Å²) in [5, 5.41) is 46.3. The molecular weight excluding hydrogens is 1070 g/mol. The first kappa shape index (κ1) is 70.4. The number of aromatic hydroxyl groups is 4. The largest absolute Gasteiger partial charge is 0.620 e. The topological polar surface area (TPSA) is 186 Å². The van der Waals surface area contributed by atoms with Crippen LogP contribution in [0, 0.1) is 0 Å². The monoisotopic (exact) mass is 1170 g/mol. The molecule has 0 heterocycles. The first-order chi connectivity index (χ1) is 38.1. The van der Waals surface area contributed by atoms with E-state index in [0.29, 0.717) is 66.8 Å². The molecular formula is C73H100O12. The molecule has 4 N–H and O–H groups in total. The van der Waals surface area contributed by atoms with Gasteiger partial charge in [-0.3, -0.25) is 0 Å². The van der Waals surface area contributed by atoms with E-state index in [-0.39, 0.29) is 71.0 Å². The molecule has 4 aromatic rings. The van der Waals surface area contributed by atoms with E-state index < -0.39 is 73.4 Å². The Kier molecular flexibility index (Phi) is 20.2. The van der Waals surface area contributed by atoms with Gasteiger partial charge in [0.25, 0.3) is 0 Å². The number of carbonyl (C=O) groups excluding carboxylic acids is 4. The van der Waals surface area contributed by atoms with Crippen LogP contribution in [0.5, 0.6) is 23.0 Å². The van der Waals surface area contributed by atoms with Crippen LogP contribution >= 0.6 is 0 Å². The van der Waals surface area contributed by atoms with Crippen LogP contribution in [-0.2, 0) is 107 Å². The lowest BCUT2D eigenvalue weighted by molar-refractivity contribution is -0.428. The van der Waals surface area contributed by atoms with Gasteiger partial charge in [-0.05, 0) is 110 Å². The molecule has 0 radical (unpaired) electrons. The Morgan fingerprint density at radius 1 is 0.282 bits per heavy atom. The van der Waals surface area contributed by atoms with Crippen LogP contribution in [0.1, 0.15) is 233 Å². The Morgan fingerprint density at radius 2 is 0.400 bits per heavy atom. The second-order valence-corrected chi connectivity index (χ2v) is 31.3. The van der Waals surface area contributed by atoms with Crippen molar-refractivity contribution in [2.45, 2.75) is 241 Å². The number of ether oxygens (including phenoxy) is 4. The van der Waals surface area contributed by atoms with Crippen LogP contribution in [0.4, 0.5) is 0 Å². The number of carbonyl (C=O) groups is 4. The van der Waals surface area contributed by atoms with Gasteiger partial charge in [0.15, 0.2) is 0 Å². The second-order valence-electron chi connectivity index (χ2n) is 31.3. The van der Waals surface area contributed by atoms with Gasteiger partial charge in [0.2, 0.25) is 0 Å². The van der Waals surface area contributed by atoms with Gasteiger partial charge in [-0.1, -0.05) is 241 Å². The number of phenols is 4. The molecule has 464 valence electrons. The van der Waals surface area contributed by atoms with E-state index in [1.54, 1.807) is 48.5 Å². The Hall–Kier alpha value is -7.08. The summed E-state index contributed by atoms with van der Waals surface area (Å²) in [6.07, 6.45) is -4.45. The first-order valence-electron chi connectivity index (χ1n) is 29.2. The Balaban J connectivity index is 2.01. The summed E-state index contributed by atoms with van der Waals surface area (Å²) >= 11 is 0. The minimum Gasteiger partial charge on any atom is -0.507 e. The van der Waals surface area contributed by atoms with E-state index in [4.69, 9.17) is 18.9 Å². The molecule has 0 saturated carbocycles. The molecule has 0 saturated heterocycles. The Labute approximate surface area is 508 Å². The molecule has 85 heavy (non-hydrogen) atoms. The van der Waals surface area contributed by atoms with Crippen LogP contribution in [0.3, 0.4) is 0 Å². The van der Waals surface area contributed by atoms with Gasteiger partial charge in [0.05, 0.1) is 0 Å². The zero-order valence-corrected chi connectivity index (χ0v) is 55.8. The minimum atomic E-state index is -3.66. The summed E-state index contributed by atoms with van der Waals surface area (Å²) in [6, 6.07) is 14.1. The molecule has 0 unspecified atom stereocenters. The van der Waals surface area contributed by atoms with Crippen molar-refractivity contribution in [3.8, 4) is 23.0 Å². The van der Waals surface area contributed by atoms with Crippen molar-refractivity contribution in [1.82, 2.24) is 0 Å². The Morgan fingerprint density at radius 3 is 0.506 bits per heavy atom. The highest BCUT2D eigenvalue weighted by molar-refractivity contribution is 5.93. The summed E-state index contributed by atoms with van der Waals surface area (Å²) in [6.45, 7) is 62.9. The molecule has 0 bridgehead atoms. The highest BCUT2D eigenvalue weighted by atomic mass is 17.0. The molecule has 4 rings (SSSR count). The molecule has 0 fully saturated rings. The van der Waals surface area contributed by atoms with Crippen molar-refractivity contribution >= 4 is 23.9 Å². The number of hydrogen-bond donors (Lipinski definition) is 4. The summed E-state index contributed by atoms with van der Waals surface area (Å²) in [4.78, 5) is 59.7. The van der Waals surface area contributed by atoms with Gasteiger partial charge in [0.1, 0.15) is 23.0 Å². The van der Waals surface area contributed by atoms with Gasteiger partial charge in [0, 0.05) is 48.0 Å². The molecule has 4 aromatic carbocycles. The van der Waals surface area contributed by atoms with E-state index >= 15 is 0 Å². The lowest BCUT2D eigenvalue weighted by atomic mass is 9.78. The normalized spacial score (nSPS) is 13.0. The molecule has 0 amide bonds. The van der Waals surface area contributed by atoms with Gasteiger partial charge in [-0.15, -0.1) is 0 Å². The van der Waals surface area contributed by atoms with Gasteiger partial charge < -0.3 is 39.4 Å². The first-order valence-corrected chi connectivity index (χ1v) is 29.2. The van der Waals surface area contributed by atoms with Crippen LogP contribution < -0.4 is 0 Å². The fraction of sp³-hybridized carbons (Fsp3) is 0.507. The van der Waals surface area contributed by atoms with E-state index in [9.17, 15) is 39.6 Å². The lowest BCUT2D eigenvalue weighted by Gasteiger charge is -2.31. The molecule has 0 aliphatic carbocycles. The van der Waals surface area contributed by atoms with Crippen LogP contribution in [0.15, 0.2) is 97.1 Å². The number of rotatable bonds is 16. The van der Waals surface area contributed by atoms with E-state index in [1.165, 1.54) is 0 Å². The molecule has 12 heteroatoms. The molecule has 0 aromatic heterocycles. The van der Waals surface area contributed by atoms with Crippen LogP contribution in [0.25, 0.3) is 0 Å². The number of benzene rings is 4. The molecule has 0 aliphatic heterocycles. The Bertz CT molecular complexity index is 2720.